The lowest BCUT2D eigenvalue weighted by Crippen LogP contribution is -2.11. The highest BCUT2D eigenvalue weighted by atomic mass is 35.5. The number of unbranched alkanes of at least 4 members (excludes halogenated alkanes) is 1. The molecule has 0 unspecified atom stereocenters. The molecule has 0 aliphatic rings. The van der Waals surface area contributed by atoms with Gasteiger partial charge in [0.25, 0.3) is 0 Å². The van der Waals surface area contributed by atoms with Crippen molar-refractivity contribution in [1.29, 1.82) is 0 Å². The zero-order valence-corrected chi connectivity index (χ0v) is 11.7. The van der Waals surface area contributed by atoms with Crippen LogP contribution in [0.1, 0.15) is 38.7 Å². The SMILES string of the molecule is CCCCC(=O)Nc1ccc(OCC)c(CCl)c1. The van der Waals surface area contributed by atoms with Gasteiger partial charge in [0.15, 0.2) is 0 Å². The first-order valence-corrected chi connectivity index (χ1v) is 6.86. The van der Waals surface area contributed by atoms with E-state index in [-0.39, 0.29) is 5.91 Å². The number of carbonyl (C=O) groups is 1. The highest BCUT2D eigenvalue weighted by Gasteiger charge is 2.06. The lowest BCUT2D eigenvalue weighted by molar-refractivity contribution is -0.116. The van der Waals surface area contributed by atoms with E-state index in [2.05, 4.69) is 12.2 Å². The standard InChI is InChI=1S/C14H20ClNO2/c1-3-5-6-14(17)16-12-7-8-13(18-4-2)11(9-12)10-15/h7-9H,3-6,10H2,1-2H3,(H,16,17). The van der Waals surface area contributed by atoms with E-state index < -0.39 is 0 Å². The number of hydrogen-bond acceptors (Lipinski definition) is 2. The Morgan fingerprint density at radius 2 is 2.17 bits per heavy atom. The van der Waals surface area contributed by atoms with E-state index in [1.165, 1.54) is 0 Å². The first kappa shape index (κ1) is 14.8. The van der Waals surface area contributed by atoms with E-state index in [0.29, 0.717) is 18.9 Å². The summed E-state index contributed by atoms with van der Waals surface area (Å²) in [5, 5.41) is 2.87. The number of amides is 1. The molecule has 0 saturated carbocycles. The lowest BCUT2D eigenvalue weighted by Gasteiger charge is -2.11. The van der Waals surface area contributed by atoms with Crippen LogP contribution in [0, 0.1) is 0 Å². The molecular formula is C14H20ClNO2. The molecule has 0 radical (unpaired) electrons. The van der Waals surface area contributed by atoms with Crippen molar-refractivity contribution in [3.05, 3.63) is 23.8 Å². The molecule has 1 rings (SSSR count). The van der Waals surface area contributed by atoms with Crippen LogP contribution < -0.4 is 10.1 Å². The molecule has 100 valence electrons. The van der Waals surface area contributed by atoms with E-state index in [4.69, 9.17) is 16.3 Å². The number of alkyl halides is 1. The molecule has 0 aliphatic carbocycles. The van der Waals surface area contributed by atoms with Gasteiger partial charge in [-0.3, -0.25) is 4.79 Å². The van der Waals surface area contributed by atoms with Gasteiger partial charge in [-0.2, -0.15) is 0 Å². The van der Waals surface area contributed by atoms with E-state index in [1.54, 1.807) is 0 Å². The topological polar surface area (TPSA) is 38.3 Å². The summed E-state index contributed by atoms with van der Waals surface area (Å²) in [5.41, 5.74) is 1.67. The molecule has 1 aromatic carbocycles. The van der Waals surface area contributed by atoms with E-state index in [0.717, 1.165) is 29.8 Å². The molecule has 0 aromatic heterocycles. The summed E-state index contributed by atoms with van der Waals surface area (Å²) in [6, 6.07) is 5.55. The normalized spacial score (nSPS) is 10.2. The third-order valence-corrected chi connectivity index (χ3v) is 2.83. The van der Waals surface area contributed by atoms with Gasteiger partial charge in [-0.15, -0.1) is 11.6 Å². The summed E-state index contributed by atoms with van der Waals surface area (Å²) in [7, 11) is 0. The Kier molecular flexibility index (Phi) is 6.58. The van der Waals surface area contributed by atoms with E-state index >= 15 is 0 Å². The molecule has 1 aromatic rings. The highest BCUT2D eigenvalue weighted by molar-refractivity contribution is 6.17. The first-order valence-electron chi connectivity index (χ1n) is 6.32. The average Bonchev–Trinajstić information content (AvgIpc) is 2.38. The zero-order chi connectivity index (χ0) is 13.4. The zero-order valence-electron chi connectivity index (χ0n) is 11.0. The van der Waals surface area contributed by atoms with Crippen LogP contribution in [-0.2, 0) is 10.7 Å². The minimum atomic E-state index is 0.0431. The van der Waals surface area contributed by atoms with E-state index in [9.17, 15) is 4.79 Å². The second-order valence-corrected chi connectivity index (χ2v) is 4.31. The van der Waals surface area contributed by atoms with E-state index in [1.807, 2.05) is 25.1 Å². The highest BCUT2D eigenvalue weighted by Crippen LogP contribution is 2.24. The van der Waals surface area contributed by atoms with Crippen LogP contribution >= 0.6 is 11.6 Å². The van der Waals surface area contributed by atoms with Gasteiger partial charge in [0.2, 0.25) is 5.91 Å². The summed E-state index contributed by atoms with van der Waals surface area (Å²) in [4.78, 5) is 11.6. The summed E-state index contributed by atoms with van der Waals surface area (Å²) in [5.74, 6) is 1.19. The summed E-state index contributed by atoms with van der Waals surface area (Å²) >= 11 is 5.87. The minimum absolute atomic E-state index is 0.0431. The number of nitrogens with one attached hydrogen (secondary N) is 1. The largest absolute Gasteiger partial charge is 0.494 e. The van der Waals surface area contributed by atoms with Gasteiger partial charge in [0.05, 0.1) is 12.5 Å². The third kappa shape index (κ3) is 4.57. The predicted molar refractivity (Wildman–Crippen MR) is 75.3 cm³/mol. The second-order valence-electron chi connectivity index (χ2n) is 4.04. The number of hydrogen-bond donors (Lipinski definition) is 1. The van der Waals surface area contributed by atoms with Crippen LogP contribution in [0.2, 0.25) is 0 Å². The van der Waals surface area contributed by atoms with Crippen molar-refractivity contribution in [2.75, 3.05) is 11.9 Å². The van der Waals surface area contributed by atoms with Gasteiger partial charge in [-0.05, 0) is 31.5 Å². The van der Waals surface area contributed by atoms with Crippen molar-refractivity contribution in [1.82, 2.24) is 0 Å². The van der Waals surface area contributed by atoms with Gasteiger partial charge in [0, 0.05) is 17.7 Å². The quantitative estimate of drug-likeness (QED) is 0.761. The molecule has 3 nitrogen and oxygen atoms in total. The second kappa shape index (κ2) is 7.98. The molecule has 1 amide bonds. The number of halogens is 1. The number of rotatable bonds is 7. The van der Waals surface area contributed by atoms with Crippen molar-refractivity contribution < 1.29 is 9.53 Å². The van der Waals surface area contributed by atoms with Crippen molar-refractivity contribution in [2.45, 2.75) is 39.0 Å². The Hall–Kier alpha value is -1.22. The molecule has 0 bridgehead atoms. The smallest absolute Gasteiger partial charge is 0.224 e. The van der Waals surface area contributed by atoms with Crippen LogP contribution in [0.4, 0.5) is 5.69 Å². The fraction of sp³-hybridized carbons (Fsp3) is 0.500. The van der Waals surface area contributed by atoms with Crippen LogP contribution in [0.3, 0.4) is 0 Å². The molecular weight excluding hydrogens is 250 g/mol. The van der Waals surface area contributed by atoms with Crippen molar-refractivity contribution in [2.24, 2.45) is 0 Å². The maximum absolute atomic E-state index is 11.6. The Morgan fingerprint density at radius 1 is 1.39 bits per heavy atom. The molecule has 0 heterocycles. The molecule has 0 spiro atoms. The van der Waals surface area contributed by atoms with Gasteiger partial charge >= 0.3 is 0 Å². The van der Waals surface area contributed by atoms with Crippen LogP contribution in [0.15, 0.2) is 18.2 Å². The van der Waals surface area contributed by atoms with Crippen molar-refractivity contribution in [3.63, 3.8) is 0 Å². The molecule has 0 saturated heterocycles. The number of ether oxygens (including phenoxy) is 1. The molecule has 18 heavy (non-hydrogen) atoms. The van der Waals surface area contributed by atoms with Crippen molar-refractivity contribution >= 4 is 23.2 Å². The van der Waals surface area contributed by atoms with Crippen molar-refractivity contribution in [3.8, 4) is 5.75 Å². The Morgan fingerprint density at radius 3 is 2.78 bits per heavy atom. The van der Waals surface area contributed by atoms with Gasteiger partial charge in [-0.1, -0.05) is 13.3 Å². The van der Waals surface area contributed by atoms with Gasteiger partial charge in [0.1, 0.15) is 5.75 Å². The molecule has 4 heteroatoms. The van der Waals surface area contributed by atoms with Crippen LogP contribution in [0.5, 0.6) is 5.75 Å². The van der Waals surface area contributed by atoms with Crippen LogP contribution in [-0.4, -0.2) is 12.5 Å². The van der Waals surface area contributed by atoms with Crippen LogP contribution in [0.25, 0.3) is 0 Å². The van der Waals surface area contributed by atoms with Gasteiger partial charge < -0.3 is 10.1 Å². The summed E-state index contributed by atoms with van der Waals surface area (Å²) in [6.07, 6.45) is 2.48. The summed E-state index contributed by atoms with van der Waals surface area (Å²) < 4.78 is 5.46. The fourth-order valence-electron chi connectivity index (χ4n) is 1.62. The maximum atomic E-state index is 11.6. The molecule has 0 atom stereocenters. The fourth-order valence-corrected chi connectivity index (χ4v) is 1.83. The number of anilines is 1. The monoisotopic (exact) mass is 269 g/mol. The number of carbonyl (C=O) groups excluding carboxylic acids is 1. The predicted octanol–water partition coefficient (Wildman–Crippen LogP) is 3.95. The third-order valence-electron chi connectivity index (χ3n) is 2.55. The first-order chi connectivity index (χ1) is 8.71. The average molecular weight is 270 g/mol. The molecule has 0 fully saturated rings. The maximum Gasteiger partial charge on any atom is 0.224 e. The Bertz CT molecular complexity index is 393. The Labute approximate surface area is 113 Å². The Balaban J connectivity index is 2.69. The number of benzene rings is 1. The van der Waals surface area contributed by atoms with Gasteiger partial charge in [-0.25, -0.2) is 0 Å². The lowest BCUT2D eigenvalue weighted by atomic mass is 10.2. The summed E-state index contributed by atoms with van der Waals surface area (Å²) in [6.45, 7) is 4.60. The minimum Gasteiger partial charge on any atom is -0.494 e. The molecule has 1 N–H and O–H groups in total. The molecule has 0 aliphatic heterocycles.